The summed E-state index contributed by atoms with van der Waals surface area (Å²) in [5, 5.41) is 6.46. The zero-order valence-electron chi connectivity index (χ0n) is 10.1. The van der Waals surface area contributed by atoms with E-state index in [0.717, 1.165) is 0 Å². The number of nitrogens with zero attached hydrogens (tertiary/aromatic N) is 4. The molecule has 0 aliphatic carbocycles. The first-order valence-corrected chi connectivity index (χ1v) is 5.73. The Morgan fingerprint density at radius 3 is 3.00 bits per heavy atom. The number of likely N-dealkylation sites (tertiary alicyclic amines) is 1. The second-order valence-corrected chi connectivity index (χ2v) is 4.08. The highest BCUT2D eigenvalue weighted by molar-refractivity contribution is 5.91. The van der Waals surface area contributed by atoms with Crippen molar-refractivity contribution in [3.05, 3.63) is 18.7 Å². The Hall–Kier alpha value is -2.18. The summed E-state index contributed by atoms with van der Waals surface area (Å²) < 4.78 is 1.45. The minimum absolute atomic E-state index is 0.00874. The van der Waals surface area contributed by atoms with Gasteiger partial charge in [-0.15, -0.1) is 0 Å². The quantitative estimate of drug-likeness (QED) is 0.721. The molecule has 2 heterocycles. The molecule has 1 N–H and O–H groups in total. The molecule has 18 heavy (non-hydrogen) atoms. The highest BCUT2D eigenvalue weighted by Crippen LogP contribution is 2.16. The van der Waals surface area contributed by atoms with Crippen LogP contribution in [-0.4, -0.2) is 51.6 Å². The topological polar surface area (TPSA) is 80.1 Å². The fraction of sp³-hybridized carbons (Fsp3) is 0.455. The molecule has 0 spiro atoms. The van der Waals surface area contributed by atoms with Crippen LogP contribution in [0.2, 0.25) is 0 Å². The first-order valence-electron chi connectivity index (χ1n) is 5.73. The van der Waals surface area contributed by atoms with Crippen molar-refractivity contribution in [2.45, 2.75) is 6.42 Å². The summed E-state index contributed by atoms with van der Waals surface area (Å²) in [7, 11) is 1.61. The zero-order chi connectivity index (χ0) is 13.0. The van der Waals surface area contributed by atoms with Gasteiger partial charge in [0.05, 0.1) is 5.92 Å². The standard InChI is InChI=1S/C11H15N5O2/c1-12-11(18)9-2-4-15(6-9)10(17)3-5-16-8-13-7-14-16/h3,5,7-9H,2,4,6H2,1H3,(H,12,18)/b5-3+. The average Bonchev–Trinajstić information content (AvgIpc) is 3.05. The molecule has 1 fully saturated rings. The third-order valence-electron chi connectivity index (χ3n) is 2.92. The van der Waals surface area contributed by atoms with Crippen molar-refractivity contribution in [2.75, 3.05) is 20.1 Å². The van der Waals surface area contributed by atoms with Gasteiger partial charge in [-0.2, -0.15) is 5.10 Å². The van der Waals surface area contributed by atoms with Gasteiger partial charge in [-0.1, -0.05) is 0 Å². The molecule has 1 aliphatic heterocycles. The van der Waals surface area contributed by atoms with E-state index in [2.05, 4.69) is 15.4 Å². The van der Waals surface area contributed by atoms with Gasteiger partial charge in [0.25, 0.3) is 0 Å². The lowest BCUT2D eigenvalue weighted by molar-refractivity contribution is -0.126. The zero-order valence-corrected chi connectivity index (χ0v) is 10.1. The molecule has 7 heteroatoms. The largest absolute Gasteiger partial charge is 0.359 e. The van der Waals surface area contributed by atoms with Crippen molar-refractivity contribution < 1.29 is 9.59 Å². The number of rotatable bonds is 3. The SMILES string of the molecule is CNC(=O)C1CCN(C(=O)/C=C/n2cncn2)C1. The monoisotopic (exact) mass is 249 g/mol. The smallest absolute Gasteiger partial charge is 0.248 e. The number of carbonyl (C=O) groups is 2. The maximum Gasteiger partial charge on any atom is 0.248 e. The predicted octanol–water partition coefficient (Wildman–Crippen LogP) is -0.657. The van der Waals surface area contributed by atoms with Crippen molar-refractivity contribution in [1.29, 1.82) is 0 Å². The summed E-state index contributed by atoms with van der Waals surface area (Å²) in [6.45, 7) is 1.08. The molecule has 7 nitrogen and oxygen atoms in total. The Kier molecular flexibility index (Phi) is 3.71. The molecular formula is C11H15N5O2. The summed E-state index contributed by atoms with van der Waals surface area (Å²) in [5.41, 5.74) is 0. The van der Waals surface area contributed by atoms with Crippen LogP contribution < -0.4 is 5.32 Å². The fourth-order valence-corrected chi connectivity index (χ4v) is 1.92. The second-order valence-electron chi connectivity index (χ2n) is 4.08. The maximum atomic E-state index is 11.8. The molecule has 1 unspecified atom stereocenters. The lowest BCUT2D eigenvalue weighted by atomic mass is 10.1. The van der Waals surface area contributed by atoms with Crippen molar-refractivity contribution in [3.8, 4) is 0 Å². The van der Waals surface area contributed by atoms with E-state index in [9.17, 15) is 9.59 Å². The summed E-state index contributed by atoms with van der Waals surface area (Å²) in [5.74, 6) is -0.221. The Balaban J connectivity index is 1.90. The average molecular weight is 249 g/mol. The number of aromatic nitrogens is 3. The predicted molar refractivity (Wildman–Crippen MR) is 64.1 cm³/mol. The summed E-state index contributed by atoms with van der Waals surface area (Å²) >= 11 is 0. The van der Waals surface area contributed by atoms with Crippen LogP contribution in [0.15, 0.2) is 18.7 Å². The molecule has 2 amide bonds. The molecule has 1 aliphatic rings. The summed E-state index contributed by atoms with van der Waals surface area (Å²) in [6, 6.07) is 0. The van der Waals surface area contributed by atoms with Crippen LogP contribution in [-0.2, 0) is 9.59 Å². The molecule has 1 atom stereocenters. The van der Waals surface area contributed by atoms with Gasteiger partial charge < -0.3 is 10.2 Å². The molecule has 1 saturated heterocycles. The van der Waals surface area contributed by atoms with Gasteiger partial charge in [0.15, 0.2) is 0 Å². The summed E-state index contributed by atoms with van der Waals surface area (Å²) in [6.07, 6.45) is 6.58. The van der Waals surface area contributed by atoms with Gasteiger partial charge in [-0.05, 0) is 6.42 Å². The first kappa shape index (κ1) is 12.3. The molecule has 96 valence electrons. The van der Waals surface area contributed by atoms with Crippen LogP contribution in [0, 0.1) is 5.92 Å². The van der Waals surface area contributed by atoms with Crippen LogP contribution in [0.3, 0.4) is 0 Å². The van der Waals surface area contributed by atoms with E-state index < -0.39 is 0 Å². The van der Waals surface area contributed by atoms with Gasteiger partial charge in [-0.3, -0.25) is 9.59 Å². The minimum atomic E-state index is -0.114. The number of amides is 2. The maximum absolute atomic E-state index is 11.8. The highest BCUT2D eigenvalue weighted by Gasteiger charge is 2.29. The lowest BCUT2D eigenvalue weighted by Crippen LogP contribution is -2.32. The van der Waals surface area contributed by atoms with E-state index in [-0.39, 0.29) is 17.7 Å². The van der Waals surface area contributed by atoms with E-state index in [4.69, 9.17) is 0 Å². The Bertz CT molecular complexity index is 454. The van der Waals surface area contributed by atoms with E-state index in [1.54, 1.807) is 18.1 Å². The van der Waals surface area contributed by atoms with Crippen molar-refractivity contribution in [2.24, 2.45) is 5.92 Å². The van der Waals surface area contributed by atoms with Gasteiger partial charge in [-0.25, -0.2) is 9.67 Å². The van der Waals surface area contributed by atoms with Crippen molar-refractivity contribution in [3.63, 3.8) is 0 Å². The Morgan fingerprint density at radius 1 is 1.50 bits per heavy atom. The van der Waals surface area contributed by atoms with E-state index in [0.29, 0.717) is 19.5 Å². The van der Waals surface area contributed by atoms with Gasteiger partial charge in [0, 0.05) is 32.4 Å². The first-order chi connectivity index (χ1) is 8.70. The van der Waals surface area contributed by atoms with Gasteiger partial charge in [0.1, 0.15) is 12.7 Å². The molecule has 0 saturated carbocycles. The molecule has 2 rings (SSSR count). The van der Waals surface area contributed by atoms with Crippen LogP contribution in [0.1, 0.15) is 6.42 Å². The van der Waals surface area contributed by atoms with Crippen LogP contribution in [0.25, 0.3) is 6.20 Å². The minimum Gasteiger partial charge on any atom is -0.359 e. The third-order valence-corrected chi connectivity index (χ3v) is 2.92. The Labute approximate surface area is 104 Å². The van der Waals surface area contributed by atoms with E-state index >= 15 is 0 Å². The molecule has 0 bridgehead atoms. The lowest BCUT2D eigenvalue weighted by Gasteiger charge is -2.13. The molecule has 0 radical (unpaired) electrons. The van der Waals surface area contributed by atoms with Crippen LogP contribution in [0.5, 0.6) is 0 Å². The molecule has 1 aromatic heterocycles. The van der Waals surface area contributed by atoms with Crippen molar-refractivity contribution in [1.82, 2.24) is 25.0 Å². The van der Waals surface area contributed by atoms with Crippen molar-refractivity contribution >= 4 is 18.0 Å². The highest BCUT2D eigenvalue weighted by atomic mass is 16.2. The number of carbonyl (C=O) groups excluding carboxylic acids is 2. The van der Waals surface area contributed by atoms with Crippen LogP contribution >= 0.6 is 0 Å². The molecular weight excluding hydrogens is 234 g/mol. The van der Waals surface area contributed by atoms with Gasteiger partial charge >= 0.3 is 0 Å². The normalized spacial score (nSPS) is 19.4. The number of hydrogen-bond acceptors (Lipinski definition) is 4. The third kappa shape index (κ3) is 2.73. The molecule has 1 aromatic rings. The fourth-order valence-electron chi connectivity index (χ4n) is 1.92. The van der Waals surface area contributed by atoms with Gasteiger partial charge in [0.2, 0.25) is 11.8 Å². The summed E-state index contributed by atoms with van der Waals surface area (Å²) in [4.78, 5) is 28.7. The van der Waals surface area contributed by atoms with E-state index in [1.807, 2.05) is 0 Å². The van der Waals surface area contributed by atoms with Crippen LogP contribution in [0.4, 0.5) is 0 Å². The Morgan fingerprint density at radius 2 is 2.33 bits per heavy atom. The molecule has 0 aromatic carbocycles. The van der Waals surface area contributed by atoms with E-state index in [1.165, 1.54) is 23.4 Å². The number of hydrogen-bond donors (Lipinski definition) is 1. The second kappa shape index (κ2) is 5.44. The number of nitrogens with one attached hydrogen (secondary N) is 1.